The van der Waals surface area contributed by atoms with Gasteiger partial charge in [0, 0.05) is 31.1 Å². The first-order valence-corrected chi connectivity index (χ1v) is 8.38. The van der Waals surface area contributed by atoms with Crippen LogP contribution in [-0.2, 0) is 0 Å². The van der Waals surface area contributed by atoms with Crippen LogP contribution in [0.25, 0.3) is 0 Å². The highest BCUT2D eigenvalue weighted by Crippen LogP contribution is 2.36. The Balaban J connectivity index is 2.16. The monoisotopic (exact) mass is 365 g/mol. The number of anilines is 2. The van der Waals surface area contributed by atoms with Crippen molar-refractivity contribution in [3.05, 3.63) is 57.6 Å². The van der Waals surface area contributed by atoms with Crippen LogP contribution in [0.15, 0.2) is 36.4 Å². The highest BCUT2D eigenvalue weighted by Gasteiger charge is 2.19. The second-order valence-corrected chi connectivity index (χ2v) is 6.53. The molecule has 0 radical (unpaired) electrons. The number of nitrogen functional groups attached to an aromatic ring is 1. The van der Waals surface area contributed by atoms with Gasteiger partial charge in [0.15, 0.2) is 5.78 Å². The number of hydrogen-bond acceptors (Lipinski definition) is 4. The zero-order valence-electron chi connectivity index (χ0n) is 13.9. The van der Waals surface area contributed by atoms with Gasteiger partial charge in [-0.3, -0.25) is 4.79 Å². The largest absolute Gasteiger partial charge is 0.397 e. The van der Waals surface area contributed by atoms with Crippen molar-refractivity contribution < 1.29 is 4.79 Å². The number of Topliss-reactive ketones (excluding diaryl/α,β-unsaturated/α-hetero) is 1. The van der Waals surface area contributed by atoms with Gasteiger partial charge in [-0.1, -0.05) is 30.1 Å². The summed E-state index contributed by atoms with van der Waals surface area (Å²) in [5, 5.41) is 2.85. The first kappa shape index (κ1) is 18.6. The standard InChI is InChI=1S/C18H21Cl2N3O/c1-11(17-14(19)8-9-15(20)18(17)21)10-16(24)12-4-6-13(7-5-12)23(3)22-2/h4-9,11,22H,10,21H2,1-3H3. The quantitative estimate of drug-likeness (QED) is 0.448. The third kappa shape index (κ3) is 4.01. The van der Waals surface area contributed by atoms with E-state index in [1.165, 1.54) is 0 Å². The number of carbonyl (C=O) groups excluding carboxylic acids is 1. The number of nitrogens with zero attached hydrogens (tertiary/aromatic N) is 1. The van der Waals surface area contributed by atoms with Crippen LogP contribution in [0.4, 0.5) is 11.4 Å². The summed E-state index contributed by atoms with van der Waals surface area (Å²) in [5.41, 5.74) is 11.8. The summed E-state index contributed by atoms with van der Waals surface area (Å²) >= 11 is 12.3. The van der Waals surface area contributed by atoms with E-state index in [2.05, 4.69) is 5.43 Å². The molecule has 0 amide bonds. The number of rotatable bonds is 6. The molecule has 0 bridgehead atoms. The molecule has 0 fully saturated rings. The zero-order chi connectivity index (χ0) is 17.9. The summed E-state index contributed by atoms with van der Waals surface area (Å²) in [4.78, 5) is 12.5. The molecule has 6 heteroatoms. The van der Waals surface area contributed by atoms with E-state index in [9.17, 15) is 4.79 Å². The molecule has 0 spiro atoms. The van der Waals surface area contributed by atoms with Crippen molar-refractivity contribution in [1.82, 2.24) is 5.43 Å². The number of nitrogens with one attached hydrogen (secondary N) is 1. The second kappa shape index (κ2) is 7.88. The molecule has 2 aromatic carbocycles. The Morgan fingerprint density at radius 2 is 1.75 bits per heavy atom. The van der Waals surface area contributed by atoms with Crippen molar-refractivity contribution in [1.29, 1.82) is 0 Å². The van der Waals surface area contributed by atoms with E-state index in [0.29, 0.717) is 27.7 Å². The van der Waals surface area contributed by atoms with Gasteiger partial charge in [-0.15, -0.1) is 0 Å². The lowest BCUT2D eigenvalue weighted by Gasteiger charge is -2.18. The minimum absolute atomic E-state index is 0.0385. The first-order valence-electron chi connectivity index (χ1n) is 7.63. The lowest BCUT2D eigenvalue weighted by Crippen LogP contribution is -2.30. The van der Waals surface area contributed by atoms with Gasteiger partial charge in [-0.05, 0) is 47.9 Å². The van der Waals surface area contributed by atoms with E-state index >= 15 is 0 Å². The minimum Gasteiger partial charge on any atom is -0.397 e. The van der Waals surface area contributed by atoms with E-state index in [4.69, 9.17) is 28.9 Å². The van der Waals surface area contributed by atoms with E-state index in [0.717, 1.165) is 11.3 Å². The molecule has 0 aliphatic carbocycles. The minimum atomic E-state index is -0.122. The number of hydrogen-bond donors (Lipinski definition) is 2. The fourth-order valence-electron chi connectivity index (χ4n) is 2.58. The summed E-state index contributed by atoms with van der Waals surface area (Å²) in [6.45, 7) is 1.93. The molecule has 4 nitrogen and oxygen atoms in total. The van der Waals surface area contributed by atoms with Gasteiger partial charge in [0.05, 0.1) is 16.4 Å². The number of halogens is 2. The Morgan fingerprint density at radius 1 is 1.17 bits per heavy atom. The van der Waals surface area contributed by atoms with Crippen LogP contribution in [0.3, 0.4) is 0 Å². The van der Waals surface area contributed by atoms with Crippen LogP contribution >= 0.6 is 23.2 Å². The normalized spacial score (nSPS) is 12.0. The number of nitrogens with two attached hydrogens (primary N) is 1. The Labute approximate surface area is 152 Å². The summed E-state index contributed by atoms with van der Waals surface area (Å²) in [6, 6.07) is 10.8. The molecule has 0 aliphatic rings. The average molecular weight is 366 g/mol. The maximum atomic E-state index is 12.5. The fraction of sp³-hybridized carbons (Fsp3) is 0.278. The maximum Gasteiger partial charge on any atom is 0.163 e. The molecular formula is C18H21Cl2N3O. The number of carbonyl (C=O) groups is 1. The Hall–Kier alpha value is -1.75. The number of ketones is 1. The van der Waals surface area contributed by atoms with Crippen molar-refractivity contribution in [3.8, 4) is 0 Å². The topological polar surface area (TPSA) is 58.4 Å². The molecule has 2 rings (SSSR count). The molecule has 24 heavy (non-hydrogen) atoms. The van der Waals surface area contributed by atoms with E-state index < -0.39 is 0 Å². The summed E-state index contributed by atoms with van der Waals surface area (Å²) in [6.07, 6.45) is 0.311. The van der Waals surface area contributed by atoms with Crippen molar-refractivity contribution in [2.75, 3.05) is 24.8 Å². The van der Waals surface area contributed by atoms with Crippen LogP contribution < -0.4 is 16.2 Å². The van der Waals surface area contributed by atoms with Gasteiger partial charge in [-0.25, -0.2) is 5.43 Å². The van der Waals surface area contributed by atoms with Crippen LogP contribution in [0.5, 0.6) is 0 Å². The van der Waals surface area contributed by atoms with Crippen molar-refractivity contribution in [2.24, 2.45) is 0 Å². The van der Waals surface area contributed by atoms with Gasteiger partial charge in [0.25, 0.3) is 0 Å². The van der Waals surface area contributed by atoms with Gasteiger partial charge < -0.3 is 10.7 Å². The Kier molecular flexibility index (Phi) is 6.10. The SMILES string of the molecule is CNN(C)c1ccc(C(=O)CC(C)c2c(Cl)ccc(Cl)c2N)cc1. The lowest BCUT2D eigenvalue weighted by atomic mass is 9.92. The fourth-order valence-corrected chi connectivity index (χ4v) is 3.10. The predicted octanol–water partition coefficient (Wildman–Crippen LogP) is 4.52. The molecule has 0 saturated heterocycles. The molecule has 128 valence electrons. The van der Waals surface area contributed by atoms with Crippen molar-refractivity contribution in [3.63, 3.8) is 0 Å². The molecule has 1 atom stereocenters. The summed E-state index contributed by atoms with van der Waals surface area (Å²) in [7, 11) is 3.74. The van der Waals surface area contributed by atoms with Crippen molar-refractivity contribution in [2.45, 2.75) is 19.3 Å². The molecule has 1 unspecified atom stereocenters. The van der Waals surface area contributed by atoms with Gasteiger partial charge in [-0.2, -0.15) is 0 Å². The Bertz CT molecular complexity index is 732. The lowest BCUT2D eigenvalue weighted by molar-refractivity contribution is 0.0976. The maximum absolute atomic E-state index is 12.5. The summed E-state index contributed by atoms with van der Waals surface area (Å²) < 4.78 is 0. The smallest absolute Gasteiger partial charge is 0.163 e. The Morgan fingerprint density at radius 3 is 2.33 bits per heavy atom. The summed E-state index contributed by atoms with van der Waals surface area (Å²) in [5.74, 6) is -0.0834. The molecule has 0 aliphatic heterocycles. The van der Waals surface area contributed by atoms with Crippen molar-refractivity contribution >= 4 is 40.4 Å². The van der Waals surface area contributed by atoms with Gasteiger partial charge in [0.1, 0.15) is 0 Å². The predicted molar refractivity (Wildman–Crippen MR) is 102 cm³/mol. The highest BCUT2D eigenvalue weighted by atomic mass is 35.5. The highest BCUT2D eigenvalue weighted by molar-refractivity contribution is 6.36. The average Bonchev–Trinajstić information content (AvgIpc) is 2.58. The number of hydrazine groups is 1. The third-order valence-corrected chi connectivity index (χ3v) is 4.74. The molecule has 0 saturated carbocycles. The number of benzene rings is 2. The zero-order valence-corrected chi connectivity index (χ0v) is 15.4. The van der Waals surface area contributed by atoms with Crippen LogP contribution in [0.1, 0.15) is 35.2 Å². The van der Waals surface area contributed by atoms with Crippen LogP contribution in [0.2, 0.25) is 10.0 Å². The first-order chi connectivity index (χ1) is 11.3. The second-order valence-electron chi connectivity index (χ2n) is 5.71. The van der Waals surface area contributed by atoms with Gasteiger partial charge in [0.2, 0.25) is 0 Å². The third-order valence-electron chi connectivity index (χ3n) is 4.08. The van der Waals surface area contributed by atoms with E-state index in [1.807, 2.05) is 50.3 Å². The molecule has 0 aromatic heterocycles. The molecular weight excluding hydrogens is 345 g/mol. The van der Waals surface area contributed by atoms with E-state index in [-0.39, 0.29) is 11.7 Å². The van der Waals surface area contributed by atoms with Gasteiger partial charge >= 0.3 is 0 Å². The molecule has 0 heterocycles. The molecule has 2 aromatic rings. The van der Waals surface area contributed by atoms with Crippen LogP contribution in [0, 0.1) is 0 Å². The van der Waals surface area contributed by atoms with Crippen LogP contribution in [-0.4, -0.2) is 19.9 Å². The van der Waals surface area contributed by atoms with E-state index in [1.54, 1.807) is 12.1 Å². The molecule has 3 N–H and O–H groups in total.